The van der Waals surface area contributed by atoms with Crippen LogP contribution in [0.5, 0.6) is 0 Å². The molecule has 0 aromatic heterocycles. The van der Waals surface area contributed by atoms with Crippen LogP contribution in [0.25, 0.3) is 0 Å². The number of nitrogens with zero attached hydrogens (tertiary/aromatic N) is 1. The molecule has 23 heavy (non-hydrogen) atoms. The predicted molar refractivity (Wildman–Crippen MR) is 90.4 cm³/mol. The van der Waals surface area contributed by atoms with Gasteiger partial charge in [0.05, 0.1) is 12.7 Å². The van der Waals surface area contributed by atoms with Crippen molar-refractivity contribution in [1.29, 1.82) is 0 Å². The van der Waals surface area contributed by atoms with Gasteiger partial charge in [-0.05, 0) is 49.8 Å². The quantitative estimate of drug-likeness (QED) is 0.544. The van der Waals surface area contributed by atoms with Gasteiger partial charge in [-0.15, -0.1) is 0 Å². The molecule has 2 rings (SSSR count). The lowest BCUT2D eigenvalue weighted by molar-refractivity contribution is -0.130. The van der Waals surface area contributed by atoms with Gasteiger partial charge in [0.1, 0.15) is 0 Å². The number of aryl methyl sites for hydroxylation is 1. The second-order valence-electron chi connectivity index (χ2n) is 6.19. The van der Waals surface area contributed by atoms with E-state index in [0.29, 0.717) is 17.9 Å². The molecule has 0 N–H and O–H groups in total. The van der Waals surface area contributed by atoms with Gasteiger partial charge in [-0.25, -0.2) is 4.79 Å². The van der Waals surface area contributed by atoms with Gasteiger partial charge in [-0.3, -0.25) is 4.79 Å². The molecule has 0 radical (unpaired) electrons. The first-order valence-corrected chi connectivity index (χ1v) is 8.66. The fourth-order valence-electron chi connectivity index (χ4n) is 3.01. The summed E-state index contributed by atoms with van der Waals surface area (Å²) in [7, 11) is 1.39. The Labute approximate surface area is 138 Å². The molecule has 1 aromatic rings. The third kappa shape index (κ3) is 5.70. The Morgan fingerprint density at radius 3 is 2.30 bits per heavy atom. The van der Waals surface area contributed by atoms with Crippen molar-refractivity contribution >= 4 is 11.9 Å². The van der Waals surface area contributed by atoms with Crippen molar-refractivity contribution < 1.29 is 14.3 Å². The van der Waals surface area contributed by atoms with Gasteiger partial charge in [-0.2, -0.15) is 0 Å². The summed E-state index contributed by atoms with van der Waals surface area (Å²) in [5.41, 5.74) is 1.84. The minimum Gasteiger partial charge on any atom is -0.465 e. The molecule has 0 bridgehead atoms. The Morgan fingerprint density at radius 1 is 1.00 bits per heavy atom. The zero-order chi connectivity index (χ0) is 16.5. The van der Waals surface area contributed by atoms with E-state index < -0.39 is 0 Å². The highest BCUT2D eigenvalue weighted by atomic mass is 16.5. The summed E-state index contributed by atoms with van der Waals surface area (Å²) in [5.74, 6) is 0.0418. The Balaban J connectivity index is 1.56. The number of benzene rings is 1. The summed E-state index contributed by atoms with van der Waals surface area (Å²) in [6.45, 7) is 1.92. The van der Waals surface area contributed by atoms with Crippen molar-refractivity contribution in [2.24, 2.45) is 0 Å². The largest absolute Gasteiger partial charge is 0.465 e. The highest BCUT2D eigenvalue weighted by Gasteiger charge is 2.16. The summed E-state index contributed by atoms with van der Waals surface area (Å²) in [4.78, 5) is 25.3. The number of hydrogen-bond acceptors (Lipinski definition) is 3. The van der Waals surface area contributed by atoms with E-state index in [0.717, 1.165) is 45.2 Å². The van der Waals surface area contributed by atoms with Crippen LogP contribution in [-0.2, 0) is 16.0 Å². The molecule has 1 aromatic carbocycles. The first kappa shape index (κ1) is 17.5. The number of carbonyl (C=O) groups is 2. The van der Waals surface area contributed by atoms with E-state index in [9.17, 15) is 9.59 Å². The van der Waals surface area contributed by atoms with Crippen molar-refractivity contribution in [3.8, 4) is 0 Å². The first-order chi connectivity index (χ1) is 11.2. The van der Waals surface area contributed by atoms with E-state index in [4.69, 9.17) is 0 Å². The summed E-state index contributed by atoms with van der Waals surface area (Å²) >= 11 is 0. The van der Waals surface area contributed by atoms with E-state index in [1.165, 1.54) is 25.5 Å². The number of esters is 1. The number of likely N-dealkylation sites (tertiary alicyclic amines) is 1. The monoisotopic (exact) mass is 317 g/mol. The van der Waals surface area contributed by atoms with Crippen LogP contribution in [0.15, 0.2) is 24.3 Å². The van der Waals surface area contributed by atoms with Gasteiger partial charge in [0.2, 0.25) is 5.91 Å². The molecule has 1 aliphatic rings. The number of rotatable bonds is 8. The fraction of sp³-hybridized carbons (Fsp3) is 0.579. The highest BCUT2D eigenvalue weighted by molar-refractivity contribution is 5.89. The summed E-state index contributed by atoms with van der Waals surface area (Å²) in [5, 5.41) is 0. The van der Waals surface area contributed by atoms with Crippen LogP contribution in [0.2, 0.25) is 0 Å². The fourth-order valence-corrected chi connectivity index (χ4v) is 3.01. The van der Waals surface area contributed by atoms with Gasteiger partial charge in [0, 0.05) is 19.5 Å². The third-order valence-electron chi connectivity index (χ3n) is 4.44. The topological polar surface area (TPSA) is 46.6 Å². The maximum absolute atomic E-state index is 11.9. The lowest BCUT2D eigenvalue weighted by Crippen LogP contribution is -2.27. The highest BCUT2D eigenvalue weighted by Crippen LogP contribution is 2.13. The van der Waals surface area contributed by atoms with Crippen LogP contribution in [0, 0.1) is 0 Å². The number of hydrogen-bond donors (Lipinski definition) is 0. The lowest BCUT2D eigenvalue weighted by atomic mass is 10.0. The predicted octanol–water partition coefficient (Wildman–Crippen LogP) is 3.59. The first-order valence-electron chi connectivity index (χ1n) is 8.66. The molecule has 4 heteroatoms. The SMILES string of the molecule is COC(=O)c1ccc(CCCCCCC(=O)N2CCCC2)cc1. The average Bonchev–Trinajstić information content (AvgIpc) is 3.12. The molecule has 0 aliphatic carbocycles. The molecule has 1 aliphatic heterocycles. The van der Waals surface area contributed by atoms with Crippen LogP contribution in [0.1, 0.15) is 60.9 Å². The molecule has 1 saturated heterocycles. The van der Waals surface area contributed by atoms with E-state index in [1.807, 2.05) is 29.2 Å². The number of amides is 1. The van der Waals surface area contributed by atoms with Gasteiger partial charge >= 0.3 is 5.97 Å². The molecule has 1 heterocycles. The second-order valence-corrected chi connectivity index (χ2v) is 6.19. The van der Waals surface area contributed by atoms with Crippen LogP contribution < -0.4 is 0 Å². The maximum atomic E-state index is 11.9. The molecule has 0 unspecified atom stereocenters. The second kappa shape index (κ2) is 9.33. The van der Waals surface area contributed by atoms with Crippen LogP contribution in [0.3, 0.4) is 0 Å². The van der Waals surface area contributed by atoms with Gasteiger partial charge < -0.3 is 9.64 Å². The van der Waals surface area contributed by atoms with Gasteiger partial charge in [0.25, 0.3) is 0 Å². The van der Waals surface area contributed by atoms with Crippen molar-refractivity contribution in [2.45, 2.75) is 51.4 Å². The van der Waals surface area contributed by atoms with Crippen LogP contribution in [-0.4, -0.2) is 37.0 Å². The average molecular weight is 317 g/mol. The number of carbonyl (C=O) groups excluding carboxylic acids is 2. The molecule has 4 nitrogen and oxygen atoms in total. The van der Waals surface area contributed by atoms with Crippen molar-refractivity contribution in [3.05, 3.63) is 35.4 Å². The minimum absolute atomic E-state index is 0.292. The number of ether oxygens (including phenoxy) is 1. The van der Waals surface area contributed by atoms with Crippen LogP contribution >= 0.6 is 0 Å². The van der Waals surface area contributed by atoms with Crippen molar-refractivity contribution in [1.82, 2.24) is 4.90 Å². The molecule has 0 spiro atoms. The summed E-state index contributed by atoms with van der Waals surface area (Å²) in [6, 6.07) is 7.61. The Kier molecular flexibility index (Phi) is 7.11. The molecule has 126 valence electrons. The number of unbranched alkanes of at least 4 members (excludes halogenated alkanes) is 3. The van der Waals surface area contributed by atoms with E-state index in [-0.39, 0.29) is 5.97 Å². The standard InChI is InChI=1S/C19H27NO3/c1-23-19(22)17-12-10-16(11-13-17)8-4-2-3-5-9-18(21)20-14-6-7-15-20/h10-13H,2-9,14-15H2,1H3. The van der Waals surface area contributed by atoms with Crippen molar-refractivity contribution in [3.63, 3.8) is 0 Å². The third-order valence-corrected chi connectivity index (χ3v) is 4.44. The minimum atomic E-state index is -0.292. The zero-order valence-electron chi connectivity index (χ0n) is 14.1. The number of methoxy groups -OCH3 is 1. The zero-order valence-corrected chi connectivity index (χ0v) is 14.1. The molecule has 0 saturated carbocycles. The van der Waals surface area contributed by atoms with Gasteiger partial charge in [-0.1, -0.05) is 25.0 Å². The Bertz CT molecular complexity index is 504. The summed E-state index contributed by atoms with van der Waals surface area (Å²) in [6.07, 6.45) is 8.42. The molecule has 1 amide bonds. The Morgan fingerprint density at radius 2 is 1.65 bits per heavy atom. The van der Waals surface area contributed by atoms with Gasteiger partial charge in [0.15, 0.2) is 0 Å². The molecular formula is C19H27NO3. The van der Waals surface area contributed by atoms with E-state index >= 15 is 0 Å². The molecule has 1 fully saturated rings. The lowest BCUT2D eigenvalue weighted by Gasteiger charge is -2.14. The molecule has 0 atom stereocenters. The van der Waals surface area contributed by atoms with E-state index in [1.54, 1.807) is 0 Å². The van der Waals surface area contributed by atoms with Crippen LogP contribution in [0.4, 0.5) is 0 Å². The smallest absolute Gasteiger partial charge is 0.337 e. The van der Waals surface area contributed by atoms with Crippen molar-refractivity contribution in [2.75, 3.05) is 20.2 Å². The molecular weight excluding hydrogens is 290 g/mol. The Hall–Kier alpha value is -1.84. The maximum Gasteiger partial charge on any atom is 0.337 e. The normalized spacial score (nSPS) is 14.0. The van der Waals surface area contributed by atoms with E-state index in [2.05, 4.69) is 4.74 Å². The summed E-state index contributed by atoms with van der Waals surface area (Å²) < 4.78 is 4.69.